The molecule has 0 spiro atoms. The number of aromatic nitrogens is 2. The summed E-state index contributed by atoms with van der Waals surface area (Å²) in [5.74, 6) is 0. The van der Waals surface area contributed by atoms with Crippen LogP contribution in [0.4, 0.5) is 9.59 Å². The second kappa shape index (κ2) is 13.6. The molecule has 2 amide bonds. The van der Waals surface area contributed by atoms with Gasteiger partial charge in [0.25, 0.3) is 10.1 Å². The average molecular weight is 563 g/mol. The van der Waals surface area contributed by atoms with Crippen LogP contribution in [-0.4, -0.2) is 116 Å². The highest BCUT2D eigenvalue weighted by molar-refractivity contribution is 7.86. The summed E-state index contributed by atoms with van der Waals surface area (Å²) in [6, 6.07) is 1.90. The minimum absolute atomic E-state index is 0.0324. The van der Waals surface area contributed by atoms with Crippen molar-refractivity contribution in [3.05, 3.63) is 18.5 Å². The predicted molar refractivity (Wildman–Crippen MR) is 138 cm³/mol. The number of ether oxygens (including phenoxy) is 4. The van der Waals surface area contributed by atoms with Gasteiger partial charge in [0.1, 0.15) is 17.3 Å². The highest BCUT2D eigenvalue weighted by atomic mass is 32.2. The van der Waals surface area contributed by atoms with Gasteiger partial charge in [0.05, 0.1) is 45.3 Å². The molecule has 0 radical (unpaired) electrons. The summed E-state index contributed by atoms with van der Waals surface area (Å²) in [4.78, 5) is 27.1. The molecule has 218 valence electrons. The number of hydrogen-bond acceptors (Lipinski definition) is 10. The zero-order valence-electron chi connectivity index (χ0n) is 23.4. The molecule has 1 aromatic rings. The zero-order valence-corrected chi connectivity index (χ0v) is 24.2. The van der Waals surface area contributed by atoms with Crippen LogP contribution < -0.4 is 0 Å². The molecule has 38 heavy (non-hydrogen) atoms. The molecule has 2 fully saturated rings. The van der Waals surface area contributed by atoms with Gasteiger partial charge >= 0.3 is 12.2 Å². The van der Waals surface area contributed by atoms with Crippen LogP contribution in [-0.2, 0) is 33.2 Å². The van der Waals surface area contributed by atoms with Crippen LogP contribution in [0.25, 0.3) is 0 Å². The Morgan fingerprint density at radius 2 is 1.42 bits per heavy atom. The molecule has 2 aliphatic rings. The van der Waals surface area contributed by atoms with Gasteiger partial charge in [0.2, 0.25) is 0 Å². The fraction of sp³-hybridized carbons (Fsp3) is 0.792. The topological polar surface area (TPSA) is 139 Å². The van der Waals surface area contributed by atoms with Gasteiger partial charge in [-0.05, 0) is 47.6 Å². The quantitative estimate of drug-likeness (QED) is 0.504. The molecule has 0 saturated carbocycles. The smallest absolute Gasteiger partial charge is 0.410 e. The third-order valence-electron chi connectivity index (χ3n) is 4.99. The molecule has 2 aliphatic heterocycles. The van der Waals surface area contributed by atoms with E-state index in [-0.39, 0.29) is 25.3 Å². The summed E-state index contributed by atoms with van der Waals surface area (Å²) < 4.78 is 50.3. The first-order valence-electron chi connectivity index (χ1n) is 12.5. The van der Waals surface area contributed by atoms with Crippen molar-refractivity contribution < 1.29 is 41.1 Å². The second-order valence-corrected chi connectivity index (χ2v) is 12.7. The van der Waals surface area contributed by atoms with E-state index < -0.39 is 33.5 Å². The van der Waals surface area contributed by atoms with E-state index in [1.54, 1.807) is 31.9 Å². The minimum Gasteiger partial charge on any atom is -0.444 e. The predicted octanol–water partition coefficient (Wildman–Crippen LogP) is 2.29. The maximum atomic E-state index is 12.1. The maximum Gasteiger partial charge on any atom is 0.410 e. The van der Waals surface area contributed by atoms with Gasteiger partial charge in [-0.3, -0.25) is 8.86 Å². The Bertz CT molecular complexity index is 988. The largest absolute Gasteiger partial charge is 0.444 e. The number of nitrogens with zero attached hydrogens (tertiary/aromatic N) is 4. The molecule has 3 heterocycles. The number of amides is 2. The van der Waals surface area contributed by atoms with Crippen molar-refractivity contribution in [2.45, 2.75) is 64.9 Å². The van der Waals surface area contributed by atoms with Crippen molar-refractivity contribution in [1.82, 2.24) is 19.6 Å². The summed E-state index contributed by atoms with van der Waals surface area (Å²) in [5.41, 5.74) is -1.08. The Morgan fingerprint density at radius 1 is 0.895 bits per heavy atom. The first kappa shape index (κ1) is 31.8. The van der Waals surface area contributed by atoms with Crippen molar-refractivity contribution in [1.29, 1.82) is 0 Å². The highest BCUT2D eigenvalue weighted by Gasteiger charge is 2.29. The Balaban J connectivity index is 0.000000267. The lowest BCUT2D eigenvalue weighted by molar-refractivity contribution is 0.0204. The van der Waals surface area contributed by atoms with Crippen LogP contribution in [0.1, 0.15) is 47.6 Å². The van der Waals surface area contributed by atoms with E-state index in [9.17, 15) is 18.0 Å². The summed E-state index contributed by atoms with van der Waals surface area (Å²) in [6.45, 7) is 14.0. The Hall–Kier alpha value is -2.42. The van der Waals surface area contributed by atoms with Crippen LogP contribution in [0.15, 0.2) is 18.5 Å². The standard InChI is InChI=1S/C13H21N3O3.C11H21NO6S/c1-13(2,3)19-12(17)15-7-8-18-10-11(9-15)16-6-4-5-14-16;1-11(2,3)17-10(13)12-5-6-16-8-9(7-12)18-19(4,14)15/h4-6,11H,7-10H2,1-3H3;9H,5-8H2,1-4H3/t11-;9-/m10/s1. The average Bonchev–Trinajstić information content (AvgIpc) is 3.03. The van der Waals surface area contributed by atoms with Crippen molar-refractivity contribution >= 4 is 22.3 Å². The molecule has 2 atom stereocenters. The van der Waals surface area contributed by atoms with Gasteiger partial charge in [0.15, 0.2) is 0 Å². The molecule has 0 aliphatic carbocycles. The molecule has 0 unspecified atom stereocenters. The number of hydrogen-bond donors (Lipinski definition) is 0. The van der Waals surface area contributed by atoms with Crippen LogP contribution in [0.5, 0.6) is 0 Å². The highest BCUT2D eigenvalue weighted by Crippen LogP contribution is 2.16. The van der Waals surface area contributed by atoms with Gasteiger partial charge in [-0.15, -0.1) is 0 Å². The Labute approximate surface area is 225 Å². The molecular formula is C24H42N4O9S. The monoisotopic (exact) mass is 562 g/mol. The maximum absolute atomic E-state index is 12.1. The summed E-state index contributed by atoms with van der Waals surface area (Å²) in [7, 11) is -3.58. The van der Waals surface area contributed by atoms with Crippen molar-refractivity contribution in [2.75, 3.05) is 58.9 Å². The number of rotatable bonds is 3. The molecule has 1 aromatic heterocycles. The SMILES string of the molecule is CC(C)(C)OC(=O)N1CCOC[C@@H](OS(C)(=O)=O)C1.CC(C)(C)OC(=O)N1CCOC[C@H](n2cccn2)C1. The first-order valence-corrected chi connectivity index (χ1v) is 14.3. The van der Waals surface area contributed by atoms with Crippen molar-refractivity contribution in [3.63, 3.8) is 0 Å². The lowest BCUT2D eigenvalue weighted by atomic mass is 10.2. The number of carbonyl (C=O) groups excluding carboxylic acids is 2. The zero-order chi connectivity index (χ0) is 28.6. The lowest BCUT2D eigenvalue weighted by Gasteiger charge is -2.27. The molecule has 14 heteroatoms. The van der Waals surface area contributed by atoms with Gasteiger partial charge in [-0.1, -0.05) is 0 Å². The second-order valence-electron chi connectivity index (χ2n) is 11.1. The van der Waals surface area contributed by atoms with Crippen LogP contribution >= 0.6 is 0 Å². The molecule has 0 bridgehead atoms. The molecular weight excluding hydrogens is 520 g/mol. The Morgan fingerprint density at radius 3 is 1.89 bits per heavy atom. The normalized spacial score (nSPS) is 21.4. The van der Waals surface area contributed by atoms with Gasteiger partial charge in [0, 0.05) is 32.0 Å². The summed E-state index contributed by atoms with van der Waals surface area (Å²) >= 11 is 0. The van der Waals surface area contributed by atoms with E-state index in [2.05, 4.69) is 5.10 Å². The van der Waals surface area contributed by atoms with Crippen LogP contribution in [0.2, 0.25) is 0 Å². The fourth-order valence-electron chi connectivity index (χ4n) is 3.52. The van der Waals surface area contributed by atoms with Crippen molar-refractivity contribution in [3.8, 4) is 0 Å². The number of carbonyl (C=O) groups is 2. The summed E-state index contributed by atoms with van der Waals surface area (Å²) in [6.07, 6.45) is 3.07. The Kier molecular flexibility index (Phi) is 11.4. The van der Waals surface area contributed by atoms with Gasteiger partial charge < -0.3 is 28.7 Å². The third kappa shape index (κ3) is 12.4. The summed E-state index contributed by atoms with van der Waals surface area (Å²) in [5, 5.41) is 4.21. The van der Waals surface area contributed by atoms with Crippen molar-refractivity contribution in [2.24, 2.45) is 0 Å². The third-order valence-corrected chi connectivity index (χ3v) is 5.62. The van der Waals surface area contributed by atoms with Gasteiger partial charge in [-0.25, -0.2) is 9.59 Å². The molecule has 13 nitrogen and oxygen atoms in total. The molecule has 2 saturated heterocycles. The van der Waals surface area contributed by atoms with E-state index in [0.717, 1.165) is 6.26 Å². The fourth-order valence-corrected chi connectivity index (χ4v) is 4.13. The molecule has 0 N–H and O–H groups in total. The lowest BCUT2D eigenvalue weighted by Crippen LogP contribution is -2.42. The van der Waals surface area contributed by atoms with E-state index in [0.29, 0.717) is 39.5 Å². The van der Waals surface area contributed by atoms with Crippen LogP contribution in [0.3, 0.4) is 0 Å². The molecule has 3 rings (SSSR count). The van der Waals surface area contributed by atoms with Gasteiger partial charge in [-0.2, -0.15) is 13.5 Å². The van der Waals surface area contributed by atoms with Crippen LogP contribution in [0, 0.1) is 0 Å². The van der Waals surface area contributed by atoms with E-state index >= 15 is 0 Å². The first-order chi connectivity index (χ1) is 17.5. The van der Waals surface area contributed by atoms with E-state index in [1.165, 1.54) is 4.90 Å². The molecule has 0 aromatic carbocycles. The van der Waals surface area contributed by atoms with E-state index in [4.69, 9.17) is 23.1 Å². The minimum atomic E-state index is -3.58. The van der Waals surface area contributed by atoms with E-state index in [1.807, 2.05) is 37.7 Å².